The molecule has 1 saturated heterocycles. The minimum absolute atomic E-state index is 0.0332. The molecule has 0 saturated carbocycles. The molecule has 1 aliphatic rings. The number of amides is 1. The van der Waals surface area contributed by atoms with Gasteiger partial charge in [-0.15, -0.1) is 0 Å². The third-order valence-electron chi connectivity index (χ3n) is 5.97. The van der Waals surface area contributed by atoms with E-state index in [2.05, 4.69) is 58.4 Å². The van der Waals surface area contributed by atoms with Crippen LogP contribution in [0.25, 0.3) is 0 Å². The lowest BCUT2D eigenvalue weighted by Crippen LogP contribution is -2.46. The van der Waals surface area contributed by atoms with Crippen molar-refractivity contribution in [3.63, 3.8) is 0 Å². The maximum atomic E-state index is 12.0. The van der Waals surface area contributed by atoms with Crippen LogP contribution in [0.3, 0.4) is 0 Å². The first-order chi connectivity index (χ1) is 16.6. The fourth-order valence-corrected chi connectivity index (χ4v) is 4.83. The molecule has 0 bridgehead atoms. The van der Waals surface area contributed by atoms with Gasteiger partial charge in [0.05, 0.1) is 0 Å². The average molecular weight is 476 g/mol. The zero-order valence-electron chi connectivity index (χ0n) is 20.0. The molecule has 0 radical (unpaired) electrons. The second kappa shape index (κ2) is 12.0. The zero-order valence-corrected chi connectivity index (χ0v) is 20.9. The Labute approximate surface area is 206 Å². The summed E-state index contributed by atoms with van der Waals surface area (Å²) in [4.78, 5) is 26.5. The molecule has 1 amide bonds. The topological polar surface area (TPSA) is 61.4 Å². The van der Waals surface area contributed by atoms with Gasteiger partial charge in [0.15, 0.2) is 5.16 Å². The molecular formula is C27H33N5OS. The van der Waals surface area contributed by atoms with Crippen molar-refractivity contribution in [2.24, 2.45) is 0 Å². The first kappa shape index (κ1) is 24.2. The Morgan fingerprint density at radius 1 is 0.941 bits per heavy atom. The summed E-state index contributed by atoms with van der Waals surface area (Å²) < 4.78 is 0. The SMILES string of the molecule is CCNC(=O)c1ccc(CSc2nc(CC)cc(N3CCN(Cc4ccccc4)CC3)n2)cc1. The number of nitrogens with one attached hydrogen (secondary N) is 1. The standard InChI is InChI=1S/C27H33N5OS/c1-3-24-18-25(32-16-14-31(15-17-32)19-21-8-6-5-7-9-21)30-27(29-24)34-20-22-10-12-23(13-11-22)26(33)28-4-2/h5-13,18H,3-4,14-17,19-20H2,1-2H3,(H,28,33). The number of hydrogen-bond donors (Lipinski definition) is 1. The van der Waals surface area contributed by atoms with E-state index in [0.29, 0.717) is 12.1 Å². The molecule has 4 rings (SSSR count). The number of thioether (sulfide) groups is 1. The van der Waals surface area contributed by atoms with Crippen LogP contribution in [0.5, 0.6) is 0 Å². The summed E-state index contributed by atoms with van der Waals surface area (Å²) in [6.45, 7) is 9.69. The number of piperazine rings is 1. The molecule has 1 aliphatic heterocycles. The van der Waals surface area contributed by atoms with Crippen LogP contribution >= 0.6 is 11.8 Å². The molecule has 0 aliphatic carbocycles. The van der Waals surface area contributed by atoms with Gasteiger partial charge in [-0.25, -0.2) is 9.97 Å². The van der Waals surface area contributed by atoms with Gasteiger partial charge in [0.25, 0.3) is 5.91 Å². The quantitative estimate of drug-likeness (QED) is 0.366. The molecule has 1 fully saturated rings. The molecule has 0 unspecified atom stereocenters. The summed E-state index contributed by atoms with van der Waals surface area (Å²) in [5.41, 5.74) is 4.28. The van der Waals surface area contributed by atoms with Crippen LogP contribution in [0.15, 0.2) is 65.8 Å². The summed E-state index contributed by atoms with van der Waals surface area (Å²) in [5, 5.41) is 3.65. The lowest BCUT2D eigenvalue weighted by Gasteiger charge is -2.35. The summed E-state index contributed by atoms with van der Waals surface area (Å²) >= 11 is 1.65. The van der Waals surface area contributed by atoms with Crippen molar-refractivity contribution in [2.45, 2.75) is 37.7 Å². The highest BCUT2D eigenvalue weighted by molar-refractivity contribution is 7.98. The number of benzene rings is 2. The van der Waals surface area contributed by atoms with Crippen molar-refractivity contribution in [1.29, 1.82) is 0 Å². The molecule has 6 nitrogen and oxygen atoms in total. The van der Waals surface area contributed by atoms with Crippen LogP contribution in [0.1, 0.15) is 41.0 Å². The van der Waals surface area contributed by atoms with Crippen LogP contribution in [0, 0.1) is 0 Å². The Morgan fingerprint density at radius 3 is 2.35 bits per heavy atom. The van der Waals surface area contributed by atoms with Crippen molar-refractivity contribution >= 4 is 23.5 Å². The van der Waals surface area contributed by atoms with Gasteiger partial charge in [0.1, 0.15) is 5.82 Å². The maximum absolute atomic E-state index is 12.0. The summed E-state index contributed by atoms with van der Waals surface area (Å²) in [6.07, 6.45) is 0.887. The van der Waals surface area contributed by atoms with E-state index in [1.807, 2.05) is 31.2 Å². The Hall–Kier alpha value is -2.90. The Kier molecular flexibility index (Phi) is 8.55. The van der Waals surface area contributed by atoms with Gasteiger partial charge in [-0.2, -0.15) is 0 Å². The molecule has 7 heteroatoms. The van der Waals surface area contributed by atoms with Crippen LogP contribution in [-0.2, 0) is 18.7 Å². The number of anilines is 1. The van der Waals surface area contributed by atoms with Gasteiger partial charge in [0.2, 0.25) is 0 Å². The van der Waals surface area contributed by atoms with Crippen molar-refractivity contribution in [3.05, 3.63) is 83.0 Å². The minimum atomic E-state index is -0.0332. The number of nitrogens with zero attached hydrogens (tertiary/aromatic N) is 4. The van der Waals surface area contributed by atoms with E-state index in [0.717, 1.165) is 67.1 Å². The molecule has 1 aromatic heterocycles. The number of hydrogen-bond acceptors (Lipinski definition) is 6. The van der Waals surface area contributed by atoms with E-state index in [9.17, 15) is 4.79 Å². The van der Waals surface area contributed by atoms with Crippen molar-refractivity contribution < 1.29 is 4.79 Å². The zero-order chi connectivity index (χ0) is 23.8. The molecule has 2 aromatic carbocycles. The minimum Gasteiger partial charge on any atom is -0.354 e. The third kappa shape index (κ3) is 6.58. The predicted molar refractivity (Wildman–Crippen MR) is 139 cm³/mol. The number of aryl methyl sites for hydroxylation is 1. The highest BCUT2D eigenvalue weighted by atomic mass is 32.2. The summed E-state index contributed by atoms with van der Waals surface area (Å²) in [6, 6.07) is 20.6. The van der Waals surface area contributed by atoms with Gasteiger partial charge < -0.3 is 10.2 Å². The smallest absolute Gasteiger partial charge is 0.251 e. The largest absolute Gasteiger partial charge is 0.354 e. The van der Waals surface area contributed by atoms with Crippen LogP contribution in [0.2, 0.25) is 0 Å². The first-order valence-electron chi connectivity index (χ1n) is 12.0. The van der Waals surface area contributed by atoms with E-state index < -0.39 is 0 Å². The van der Waals surface area contributed by atoms with Gasteiger partial charge in [0, 0.05) is 62.3 Å². The van der Waals surface area contributed by atoms with Gasteiger partial charge in [-0.3, -0.25) is 9.69 Å². The molecular weight excluding hydrogens is 442 g/mol. The number of carbonyl (C=O) groups excluding carboxylic acids is 1. The van der Waals surface area contributed by atoms with Crippen LogP contribution < -0.4 is 10.2 Å². The third-order valence-corrected chi connectivity index (χ3v) is 6.89. The number of aromatic nitrogens is 2. The Bertz CT molecular complexity index is 1070. The molecule has 0 spiro atoms. The Balaban J connectivity index is 1.36. The van der Waals surface area contributed by atoms with E-state index >= 15 is 0 Å². The molecule has 3 aromatic rings. The molecule has 0 atom stereocenters. The van der Waals surface area contributed by atoms with Crippen molar-refractivity contribution in [2.75, 3.05) is 37.6 Å². The van der Waals surface area contributed by atoms with Gasteiger partial charge in [-0.05, 0) is 36.6 Å². The average Bonchev–Trinajstić information content (AvgIpc) is 2.89. The van der Waals surface area contributed by atoms with Gasteiger partial charge >= 0.3 is 0 Å². The normalized spacial score (nSPS) is 14.2. The predicted octanol–water partition coefficient (Wildman–Crippen LogP) is 4.40. The first-order valence-corrected chi connectivity index (χ1v) is 13.0. The second-order valence-corrected chi connectivity index (χ2v) is 9.39. The lowest BCUT2D eigenvalue weighted by molar-refractivity contribution is 0.0956. The fourth-order valence-electron chi connectivity index (χ4n) is 4.01. The molecule has 34 heavy (non-hydrogen) atoms. The second-order valence-electron chi connectivity index (χ2n) is 8.45. The fraction of sp³-hybridized carbons (Fsp3) is 0.370. The Morgan fingerprint density at radius 2 is 1.68 bits per heavy atom. The van der Waals surface area contributed by atoms with Crippen molar-refractivity contribution in [1.82, 2.24) is 20.2 Å². The highest BCUT2D eigenvalue weighted by Gasteiger charge is 2.19. The molecule has 2 heterocycles. The number of rotatable bonds is 9. The lowest BCUT2D eigenvalue weighted by atomic mass is 10.1. The van der Waals surface area contributed by atoms with Crippen LogP contribution in [0.4, 0.5) is 5.82 Å². The monoisotopic (exact) mass is 475 g/mol. The van der Waals surface area contributed by atoms with E-state index in [-0.39, 0.29) is 5.91 Å². The molecule has 1 N–H and O–H groups in total. The highest BCUT2D eigenvalue weighted by Crippen LogP contribution is 2.24. The summed E-state index contributed by atoms with van der Waals surface area (Å²) in [7, 11) is 0. The van der Waals surface area contributed by atoms with Crippen molar-refractivity contribution in [3.8, 4) is 0 Å². The molecule has 178 valence electrons. The summed E-state index contributed by atoms with van der Waals surface area (Å²) in [5.74, 6) is 1.77. The maximum Gasteiger partial charge on any atom is 0.251 e. The van der Waals surface area contributed by atoms with Crippen LogP contribution in [-0.4, -0.2) is 53.5 Å². The number of carbonyl (C=O) groups is 1. The van der Waals surface area contributed by atoms with E-state index in [1.54, 1.807) is 11.8 Å². The van der Waals surface area contributed by atoms with E-state index in [4.69, 9.17) is 9.97 Å². The van der Waals surface area contributed by atoms with Gasteiger partial charge in [-0.1, -0.05) is 61.2 Å². The van der Waals surface area contributed by atoms with E-state index in [1.165, 1.54) is 5.56 Å².